The van der Waals surface area contributed by atoms with Crippen LogP contribution < -0.4 is 26.0 Å². The number of nitrogens with one attached hydrogen (secondary N) is 4. The number of likely N-dealkylation sites (N-methyl/N-ethyl adjacent to an activating group) is 2. The lowest BCUT2D eigenvalue weighted by Crippen LogP contribution is -2.59. The smallest absolute Gasteiger partial charge is 0.247 e. The zero-order chi connectivity index (χ0) is 37.1. The molecule has 3 amide bonds. The highest BCUT2D eigenvalue weighted by Crippen LogP contribution is 2.34. The Morgan fingerprint density at radius 1 is 1.00 bits per heavy atom. The Kier molecular flexibility index (Phi) is 11.5. The van der Waals surface area contributed by atoms with Gasteiger partial charge < -0.3 is 35.8 Å². The van der Waals surface area contributed by atoms with Gasteiger partial charge >= 0.3 is 0 Å². The fourth-order valence-corrected chi connectivity index (χ4v) is 7.63. The lowest BCUT2D eigenvalue weighted by Gasteiger charge is -2.36. The van der Waals surface area contributed by atoms with E-state index < -0.39 is 33.6 Å². The van der Waals surface area contributed by atoms with Crippen molar-refractivity contribution in [2.45, 2.75) is 63.6 Å². The Bertz CT molecular complexity index is 1860. The van der Waals surface area contributed by atoms with Crippen LogP contribution in [0.1, 0.15) is 40.5 Å². The van der Waals surface area contributed by atoms with Crippen molar-refractivity contribution < 1.29 is 27.5 Å². The Morgan fingerprint density at radius 2 is 1.69 bits per heavy atom. The molecular weight excluding hydrogens is 675 g/mol. The lowest BCUT2D eigenvalue weighted by molar-refractivity contribution is -0.143. The molecule has 16 heteroatoms. The summed E-state index contributed by atoms with van der Waals surface area (Å²) in [4.78, 5) is 53.2. The minimum Gasteiger partial charge on any atom is -0.494 e. The molecule has 4 N–H and O–H groups in total. The Hall–Kier alpha value is -4.38. The normalized spacial score (nSPS) is 18.6. The van der Waals surface area contributed by atoms with Gasteiger partial charge in [-0.1, -0.05) is 20.8 Å². The third-order valence-electron chi connectivity index (χ3n) is 9.50. The molecule has 2 aliphatic heterocycles. The first-order chi connectivity index (χ1) is 24.1. The van der Waals surface area contributed by atoms with Crippen molar-refractivity contribution >= 4 is 55.8 Å². The van der Waals surface area contributed by atoms with Gasteiger partial charge in [0.05, 0.1) is 29.3 Å². The van der Waals surface area contributed by atoms with Crippen LogP contribution in [0, 0.1) is 5.41 Å². The molecule has 3 atom stereocenters. The number of amides is 3. The average molecular weight is 724 g/mol. The van der Waals surface area contributed by atoms with E-state index in [1.54, 1.807) is 55.3 Å². The molecular formula is C35H49N9O6S. The van der Waals surface area contributed by atoms with Crippen LogP contribution in [0.5, 0.6) is 5.75 Å². The van der Waals surface area contributed by atoms with Crippen LogP contribution in [0.3, 0.4) is 0 Å². The summed E-state index contributed by atoms with van der Waals surface area (Å²) in [7, 11) is 1.52. The molecule has 0 spiro atoms. The van der Waals surface area contributed by atoms with Gasteiger partial charge in [0.25, 0.3) is 0 Å². The standard InChI is InChI=1S/C35H49N9O6S/c1-22(36-5)32(45)41-30(35(2,3)4)34(47)44-14-8-9-28(44)33(46)40-27-19-25-26(20-29(27)50-7)37-21-38-31(25)39-23-10-12-24(13-11-23)51(48,49)43-17-15-42(6)16-18-43/h10-13,19-22,28,30,36H,8-9,14-18H2,1-7H3,(H,40,46)(H,41,45)(H,37,38,39). The molecule has 1 aromatic heterocycles. The highest BCUT2D eigenvalue weighted by Gasteiger charge is 2.42. The maximum absolute atomic E-state index is 13.9. The van der Waals surface area contributed by atoms with Gasteiger partial charge in [-0.25, -0.2) is 18.4 Å². The number of anilines is 3. The number of sulfonamides is 1. The minimum absolute atomic E-state index is 0.211. The number of likely N-dealkylation sites (tertiary alicyclic amines) is 1. The fraction of sp³-hybridized carbons (Fsp3) is 0.514. The first kappa shape index (κ1) is 37.9. The quantitative estimate of drug-likeness (QED) is 0.228. The number of benzene rings is 2. The number of carbonyl (C=O) groups excluding carboxylic acids is 3. The van der Waals surface area contributed by atoms with E-state index in [0.29, 0.717) is 79.4 Å². The van der Waals surface area contributed by atoms with E-state index in [9.17, 15) is 22.8 Å². The second-order valence-electron chi connectivity index (χ2n) is 14.1. The number of hydrogen-bond donors (Lipinski definition) is 4. The van der Waals surface area contributed by atoms with Crippen molar-refractivity contribution in [2.24, 2.45) is 5.41 Å². The summed E-state index contributed by atoms with van der Waals surface area (Å²) < 4.78 is 33.5. The SMILES string of the molecule is CNC(C)C(=O)NC(C(=O)N1CCCC1C(=O)Nc1cc2c(Nc3ccc(S(=O)(=O)N4CCN(C)CC4)cc3)ncnc2cc1OC)C(C)(C)C. The highest BCUT2D eigenvalue weighted by atomic mass is 32.2. The molecule has 3 aromatic rings. The predicted molar refractivity (Wildman–Crippen MR) is 195 cm³/mol. The van der Waals surface area contributed by atoms with Crippen LogP contribution >= 0.6 is 0 Å². The number of carbonyl (C=O) groups is 3. The van der Waals surface area contributed by atoms with Gasteiger partial charge in [0.1, 0.15) is 30.0 Å². The van der Waals surface area contributed by atoms with Gasteiger partial charge in [-0.15, -0.1) is 0 Å². The second-order valence-corrected chi connectivity index (χ2v) is 16.1. The Labute approximate surface area is 299 Å². The van der Waals surface area contributed by atoms with E-state index in [1.807, 2.05) is 27.8 Å². The number of ether oxygens (including phenoxy) is 1. The second kappa shape index (κ2) is 15.5. The largest absolute Gasteiger partial charge is 0.494 e. The molecule has 51 heavy (non-hydrogen) atoms. The van der Waals surface area contributed by atoms with Crippen LogP contribution in [-0.2, 0) is 24.4 Å². The molecule has 5 rings (SSSR count). The molecule has 0 saturated carbocycles. The maximum atomic E-state index is 13.9. The number of nitrogens with zero attached hydrogens (tertiary/aromatic N) is 5. The molecule has 2 fully saturated rings. The number of rotatable bonds is 11. The number of piperazine rings is 1. The maximum Gasteiger partial charge on any atom is 0.247 e. The molecule has 2 saturated heterocycles. The van der Waals surface area contributed by atoms with Crippen LogP contribution in [0.25, 0.3) is 10.9 Å². The number of methoxy groups -OCH3 is 1. The van der Waals surface area contributed by atoms with Crippen molar-refractivity contribution in [3.63, 3.8) is 0 Å². The van der Waals surface area contributed by atoms with Gasteiger partial charge in [-0.3, -0.25) is 14.4 Å². The Morgan fingerprint density at radius 3 is 2.31 bits per heavy atom. The van der Waals surface area contributed by atoms with Crippen molar-refractivity contribution in [3.8, 4) is 5.75 Å². The molecule has 3 heterocycles. The van der Waals surface area contributed by atoms with E-state index in [4.69, 9.17) is 4.74 Å². The predicted octanol–water partition coefficient (Wildman–Crippen LogP) is 2.39. The molecule has 2 aliphatic rings. The van der Waals surface area contributed by atoms with Crippen molar-refractivity contribution in [2.75, 3.05) is 64.6 Å². The molecule has 276 valence electrons. The molecule has 0 radical (unpaired) electrons. The van der Waals surface area contributed by atoms with E-state index in [1.165, 1.54) is 17.7 Å². The number of hydrogen-bond acceptors (Lipinski definition) is 11. The molecule has 2 aromatic carbocycles. The third kappa shape index (κ3) is 8.41. The highest BCUT2D eigenvalue weighted by molar-refractivity contribution is 7.89. The van der Waals surface area contributed by atoms with Crippen LogP contribution in [0.4, 0.5) is 17.2 Å². The third-order valence-corrected chi connectivity index (χ3v) is 11.4. The summed E-state index contributed by atoms with van der Waals surface area (Å²) >= 11 is 0. The first-order valence-electron chi connectivity index (χ1n) is 17.1. The van der Waals surface area contributed by atoms with Gasteiger partial charge in [-0.05, 0) is 69.6 Å². The van der Waals surface area contributed by atoms with Crippen molar-refractivity contribution in [1.82, 2.24) is 34.7 Å². The molecule has 0 bridgehead atoms. The molecule has 3 unspecified atom stereocenters. The minimum atomic E-state index is -3.62. The van der Waals surface area contributed by atoms with Crippen molar-refractivity contribution in [3.05, 3.63) is 42.7 Å². The van der Waals surface area contributed by atoms with E-state index in [0.717, 1.165) is 0 Å². The fourth-order valence-electron chi connectivity index (χ4n) is 6.21. The monoisotopic (exact) mass is 723 g/mol. The van der Waals surface area contributed by atoms with Crippen molar-refractivity contribution in [1.29, 1.82) is 0 Å². The Balaban J connectivity index is 1.36. The number of fused-ring (bicyclic) bond motifs is 1. The van der Waals surface area contributed by atoms with Gasteiger partial charge in [-0.2, -0.15) is 4.31 Å². The van der Waals surface area contributed by atoms with Crippen LogP contribution in [0.15, 0.2) is 47.6 Å². The topological polar surface area (TPSA) is 178 Å². The zero-order valence-corrected chi connectivity index (χ0v) is 31.1. The number of aromatic nitrogens is 2. The zero-order valence-electron chi connectivity index (χ0n) is 30.3. The summed E-state index contributed by atoms with van der Waals surface area (Å²) in [5.41, 5.74) is 0.921. The van der Waals surface area contributed by atoms with Gasteiger partial charge in [0, 0.05) is 49.9 Å². The summed E-state index contributed by atoms with van der Waals surface area (Å²) in [6, 6.07) is 7.81. The van der Waals surface area contributed by atoms with Gasteiger partial charge in [0.2, 0.25) is 27.7 Å². The summed E-state index contributed by atoms with van der Waals surface area (Å²) in [6.45, 7) is 9.97. The lowest BCUT2D eigenvalue weighted by atomic mass is 9.85. The summed E-state index contributed by atoms with van der Waals surface area (Å²) in [6.07, 6.45) is 2.49. The summed E-state index contributed by atoms with van der Waals surface area (Å²) in [5.74, 6) is -0.194. The van der Waals surface area contributed by atoms with Crippen LogP contribution in [0.2, 0.25) is 0 Å². The van der Waals surface area contributed by atoms with E-state index in [-0.39, 0.29) is 22.6 Å². The summed E-state index contributed by atoms with van der Waals surface area (Å²) in [5, 5.41) is 12.6. The van der Waals surface area contributed by atoms with E-state index in [2.05, 4.69) is 36.1 Å². The van der Waals surface area contributed by atoms with E-state index >= 15 is 0 Å². The first-order valence-corrected chi connectivity index (χ1v) is 18.6. The van der Waals surface area contributed by atoms with Gasteiger partial charge in [0.15, 0.2) is 0 Å². The molecule has 15 nitrogen and oxygen atoms in total. The van der Waals surface area contributed by atoms with Crippen LogP contribution in [-0.4, -0.2) is 122 Å². The molecule has 0 aliphatic carbocycles. The average Bonchev–Trinajstić information content (AvgIpc) is 3.60.